The molecule has 0 aliphatic rings. The molecule has 0 bridgehead atoms. The number of nitrogen functional groups attached to an aromatic ring is 1. The number of rotatable bonds is 16. The number of phenolic OH excluding ortho intramolecular Hbond substituents is 1. The SMILES string of the molecule is Cc1nc(N)c(C(=O)NC(N)=NCCCCc2ccc(CCC[C@@H](C)NC[C@H](O)c3ccc(O)c(NS(C)(=O)=O)c3)cc2)nc1Cl. The van der Waals surface area contributed by atoms with Gasteiger partial charge in [-0.2, -0.15) is 0 Å². The average molecular weight is 675 g/mol. The molecule has 0 radical (unpaired) electrons. The minimum atomic E-state index is -3.56. The number of amides is 1. The van der Waals surface area contributed by atoms with E-state index in [1.165, 1.54) is 23.3 Å². The van der Waals surface area contributed by atoms with E-state index in [4.69, 9.17) is 23.1 Å². The maximum atomic E-state index is 12.3. The van der Waals surface area contributed by atoms with Crippen molar-refractivity contribution < 1.29 is 23.4 Å². The van der Waals surface area contributed by atoms with Gasteiger partial charge in [0, 0.05) is 19.1 Å². The number of carbonyl (C=O) groups excluding carboxylic acids is 1. The molecule has 3 rings (SSSR count). The number of nitrogens with two attached hydrogens (primary N) is 2. The number of halogens is 1. The molecule has 3 aromatic rings. The molecule has 2 aromatic carbocycles. The summed E-state index contributed by atoms with van der Waals surface area (Å²) in [4.78, 5) is 24.5. The van der Waals surface area contributed by atoms with Gasteiger partial charge in [-0.3, -0.25) is 19.8 Å². The summed E-state index contributed by atoms with van der Waals surface area (Å²) >= 11 is 5.93. The van der Waals surface area contributed by atoms with Gasteiger partial charge in [-0.25, -0.2) is 18.4 Å². The quantitative estimate of drug-likeness (QED) is 0.0509. The van der Waals surface area contributed by atoms with Crippen LogP contribution in [0.1, 0.15) is 71.6 Å². The van der Waals surface area contributed by atoms with Crippen molar-refractivity contribution in [3.8, 4) is 5.75 Å². The summed E-state index contributed by atoms with van der Waals surface area (Å²) in [7, 11) is -3.56. The van der Waals surface area contributed by atoms with Crippen molar-refractivity contribution in [2.45, 2.75) is 64.5 Å². The highest BCUT2D eigenvalue weighted by atomic mass is 35.5. The largest absolute Gasteiger partial charge is 0.506 e. The van der Waals surface area contributed by atoms with Crippen LogP contribution in [0.4, 0.5) is 11.5 Å². The van der Waals surface area contributed by atoms with Crippen LogP contribution in [0.25, 0.3) is 0 Å². The topological polar surface area (TPSA) is 218 Å². The number of nitrogens with one attached hydrogen (secondary N) is 3. The lowest BCUT2D eigenvalue weighted by Gasteiger charge is -2.18. The normalized spacial score (nSPS) is 13.3. The lowest BCUT2D eigenvalue weighted by Crippen LogP contribution is -2.38. The van der Waals surface area contributed by atoms with E-state index >= 15 is 0 Å². The van der Waals surface area contributed by atoms with Gasteiger partial charge < -0.3 is 27.0 Å². The van der Waals surface area contributed by atoms with Crippen molar-refractivity contribution in [2.75, 3.05) is 29.8 Å². The standard InChI is InChI=1S/C31H43ClN8O5S/c1-19(36-18-26(42)23-14-15-25(41)24(17-23)40-46(3,44)45)7-6-9-22-12-10-21(11-13-22)8-4-5-16-35-31(34)39-30(43)27-29(33)37-20(2)28(32)38-27/h10-15,17,19,26,36,40-42H,4-9,16,18H2,1-3H3,(H2,33,37)(H3,34,35,39,43)/t19-,26+/m1/s1. The zero-order valence-corrected chi connectivity index (χ0v) is 27.8. The number of sulfonamides is 1. The number of aliphatic imine (C=N–C) groups is 1. The van der Waals surface area contributed by atoms with E-state index in [-0.39, 0.29) is 40.1 Å². The lowest BCUT2D eigenvalue weighted by molar-refractivity contribution is 0.0972. The van der Waals surface area contributed by atoms with Crippen LogP contribution in [0.2, 0.25) is 5.15 Å². The molecule has 0 saturated carbocycles. The Labute approximate surface area is 274 Å². The molecule has 15 heteroatoms. The number of aryl methyl sites for hydroxylation is 3. The van der Waals surface area contributed by atoms with E-state index < -0.39 is 22.0 Å². The minimum Gasteiger partial charge on any atom is -0.506 e. The summed E-state index contributed by atoms with van der Waals surface area (Å²) in [5, 5.41) is 26.3. The Balaban J connectivity index is 1.32. The van der Waals surface area contributed by atoms with Gasteiger partial charge in [0.25, 0.3) is 5.91 Å². The first-order valence-corrected chi connectivity index (χ1v) is 17.2. The minimum absolute atomic E-state index is 0.0247. The van der Waals surface area contributed by atoms with E-state index in [0.29, 0.717) is 24.3 Å². The molecule has 0 fully saturated rings. The first-order valence-electron chi connectivity index (χ1n) is 14.9. The van der Waals surface area contributed by atoms with Gasteiger partial charge >= 0.3 is 0 Å². The Morgan fingerprint density at radius 3 is 2.37 bits per heavy atom. The number of anilines is 2. The van der Waals surface area contributed by atoms with Crippen LogP contribution in [0.15, 0.2) is 47.5 Å². The zero-order valence-electron chi connectivity index (χ0n) is 26.3. The molecule has 0 aliphatic heterocycles. The van der Waals surface area contributed by atoms with Gasteiger partial charge in [-0.1, -0.05) is 41.9 Å². The summed E-state index contributed by atoms with van der Waals surface area (Å²) in [5.41, 5.74) is 14.9. The van der Waals surface area contributed by atoms with Crippen molar-refractivity contribution in [1.82, 2.24) is 20.6 Å². The van der Waals surface area contributed by atoms with Gasteiger partial charge in [-0.15, -0.1) is 0 Å². The molecule has 9 N–H and O–H groups in total. The van der Waals surface area contributed by atoms with Crippen LogP contribution >= 0.6 is 11.6 Å². The van der Waals surface area contributed by atoms with Crippen LogP contribution in [-0.2, 0) is 22.9 Å². The molecule has 0 spiro atoms. The van der Waals surface area contributed by atoms with Gasteiger partial charge in [0.1, 0.15) is 5.75 Å². The molecule has 2 atom stereocenters. The second-order valence-electron chi connectivity index (χ2n) is 11.2. The summed E-state index contributed by atoms with van der Waals surface area (Å²) in [6, 6.07) is 13.1. The number of hydrogen-bond acceptors (Lipinski definition) is 10. The number of phenols is 1. The summed E-state index contributed by atoms with van der Waals surface area (Å²) in [6.45, 7) is 4.44. The predicted molar refractivity (Wildman–Crippen MR) is 181 cm³/mol. The first kappa shape index (κ1) is 36.5. The van der Waals surface area contributed by atoms with Crippen LogP contribution < -0.4 is 26.8 Å². The van der Waals surface area contributed by atoms with Crippen LogP contribution in [0.3, 0.4) is 0 Å². The molecule has 1 amide bonds. The Morgan fingerprint density at radius 2 is 1.72 bits per heavy atom. The smallest absolute Gasteiger partial charge is 0.280 e. The second kappa shape index (κ2) is 17.1. The highest BCUT2D eigenvalue weighted by molar-refractivity contribution is 7.92. The van der Waals surface area contributed by atoms with Gasteiger partial charge in [0.05, 0.1) is 23.7 Å². The lowest BCUT2D eigenvalue weighted by atomic mass is 10.0. The number of benzene rings is 2. The maximum Gasteiger partial charge on any atom is 0.280 e. The van der Waals surface area contributed by atoms with Gasteiger partial charge in [0.2, 0.25) is 10.0 Å². The van der Waals surface area contributed by atoms with Gasteiger partial charge in [-0.05, 0) is 81.2 Å². The summed E-state index contributed by atoms with van der Waals surface area (Å²) < 4.78 is 25.3. The maximum absolute atomic E-state index is 12.3. The third-order valence-electron chi connectivity index (χ3n) is 7.14. The summed E-state index contributed by atoms with van der Waals surface area (Å²) in [6.07, 6.45) is 5.54. The third-order valence-corrected chi connectivity index (χ3v) is 8.09. The molecule has 0 unspecified atom stereocenters. The van der Waals surface area contributed by atoms with Crippen molar-refractivity contribution in [2.24, 2.45) is 10.7 Å². The Hall–Kier alpha value is -3.98. The molecular formula is C31H43ClN8O5S. The second-order valence-corrected chi connectivity index (χ2v) is 13.3. The number of aliphatic hydroxyl groups excluding tert-OH is 1. The molecule has 13 nitrogen and oxygen atoms in total. The van der Waals surface area contributed by atoms with Crippen molar-refractivity contribution in [3.05, 3.63) is 75.7 Å². The number of aromatic nitrogens is 2. The number of guanidine groups is 1. The fourth-order valence-electron chi connectivity index (χ4n) is 4.60. The molecular weight excluding hydrogens is 632 g/mol. The van der Waals surface area contributed by atoms with E-state index in [2.05, 4.69) is 61.5 Å². The summed E-state index contributed by atoms with van der Waals surface area (Å²) in [5.74, 6) is -0.888. The van der Waals surface area contributed by atoms with Gasteiger partial charge in [0.15, 0.2) is 22.6 Å². The highest BCUT2D eigenvalue weighted by Crippen LogP contribution is 2.28. The Morgan fingerprint density at radius 1 is 1.07 bits per heavy atom. The molecule has 0 aliphatic carbocycles. The number of carbonyl (C=O) groups is 1. The van der Waals surface area contributed by atoms with Crippen LogP contribution in [0, 0.1) is 6.92 Å². The van der Waals surface area contributed by atoms with E-state index in [1.807, 2.05) is 0 Å². The van der Waals surface area contributed by atoms with E-state index in [9.17, 15) is 23.4 Å². The Bertz CT molecular complexity index is 1620. The number of aliphatic hydroxyl groups is 1. The van der Waals surface area contributed by atoms with Crippen LogP contribution in [0.5, 0.6) is 5.75 Å². The number of aromatic hydroxyl groups is 1. The molecule has 0 saturated heterocycles. The van der Waals surface area contributed by atoms with Crippen molar-refractivity contribution in [1.29, 1.82) is 0 Å². The molecule has 46 heavy (non-hydrogen) atoms. The zero-order chi connectivity index (χ0) is 33.9. The van der Waals surface area contributed by atoms with Crippen molar-refractivity contribution in [3.63, 3.8) is 0 Å². The highest BCUT2D eigenvalue weighted by Gasteiger charge is 2.17. The first-order chi connectivity index (χ1) is 21.7. The monoisotopic (exact) mass is 674 g/mol. The van der Waals surface area contributed by atoms with Crippen molar-refractivity contribution >= 4 is 45.0 Å². The number of unbranched alkanes of at least 4 members (excludes halogenated alkanes) is 1. The van der Waals surface area contributed by atoms with E-state index in [0.717, 1.165) is 44.8 Å². The molecule has 250 valence electrons. The average Bonchev–Trinajstić information content (AvgIpc) is 2.98. The molecule has 1 aromatic heterocycles. The number of nitrogens with zero attached hydrogens (tertiary/aromatic N) is 3. The fourth-order valence-corrected chi connectivity index (χ4v) is 5.29. The predicted octanol–water partition coefficient (Wildman–Crippen LogP) is 3.20. The fraction of sp³-hybridized carbons (Fsp3) is 0.419. The molecule has 1 heterocycles. The Kier molecular flexibility index (Phi) is 13.5. The van der Waals surface area contributed by atoms with E-state index in [1.54, 1.807) is 13.0 Å². The van der Waals surface area contributed by atoms with Crippen LogP contribution in [-0.4, -0.2) is 65.9 Å². The number of hydrogen-bond donors (Lipinski definition) is 7. The third kappa shape index (κ3) is 12.1.